The molecule has 2 aromatic carbocycles. The highest BCUT2D eigenvalue weighted by Gasteiger charge is 2.36. The number of anilines is 1. The molecule has 0 bridgehead atoms. The Morgan fingerprint density at radius 3 is 2.37 bits per heavy atom. The SMILES string of the molecule is Cc1cc(CC(NC(=O)ON2CCC(N3CCc4ccccc4NC3=O)CC2)C(=O)N2CCC(C3CCN(S(C)(=O)=O)CC3)CC2)cc2cn[nH]c12. The van der Waals surface area contributed by atoms with Crippen LogP contribution in [0.4, 0.5) is 15.3 Å². The second kappa shape index (κ2) is 15.4. The number of aromatic amines is 1. The zero-order valence-corrected chi connectivity index (χ0v) is 30.9. The van der Waals surface area contributed by atoms with Crippen LogP contribution in [-0.2, 0) is 32.5 Å². The van der Waals surface area contributed by atoms with Gasteiger partial charge in [-0.2, -0.15) is 5.10 Å². The average Bonchev–Trinajstić information content (AvgIpc) is 3.55. The minimum atomic E-state index is -3.17. The van der Waals surface area contributed by atoms with Crippen LogP contribution >= 0.6 is 0 Å². The Morgan fingerprint density at radius 2 is 1.65 bits per heavy atom. The van der Waals surface area contributed by atoms with Gasteiger partial charge in [0.05, 0.1) is 18.0 Å². The number of hydrogen-bond acceptors (Lipinski definition) is 8. The number of hydroxylamine groups is 2. The largest absolute Gasteiger partial charge is 0.426 e. The van der Waals surface area contributed by atoms with Crippen molar-refractivity contribution in [3.05, 3.63) is 59.3 Å². The van der Waals surface area contributed by atoms with Crippen molar-refractivity contribution in [1.29, 1.82) is 0 Å². The average molecular weight is 735 g/mol. The highest BCUT2D eigenvalue weighted by molar-refractivity contribution is 7.88. The molecule has 7 rings (SSSR count). The molecular formula is C37H50N8O6S. The van der Waals surface area contributed by atoms with Crippen LogP contribution in [0.2, 0.25) is 0 Å². The summed E-state index contributed by atoms with van der Waals surface area (Å²) in [5.41, 5.74) is 4.83. The van der Waals surface area contributed by atoms with Crippen LogP contribution < -0.4 is 10.6 Å². The van der Waals surface area contributed by atoms with Gasteiger partial charge in [-0.25, -0.2) is 22.3 Å². The van der Waals surface area contributed by atoms with Gasteiger partial charge < -0.3 is 25.3 Å². The number of nitrogens with zero attached hydrogens (tertiary/aromatic N) is 5. The molecule has 3 N–H and O–H groups in total. The summed E-state index contributed by atoms with van der Waals surface area (Å²) in [6.45, 7) is 5.85. The maximum atomic E-state index is 14.1. The summed E-state index contributed by atoms with van der Waals surface area (Å²) in [6, 6.07) is 11.0. The van der Waals surface area contributed by atoms with Crippen molar-refractivity contribution in [2.24, 2.45) is 11.8 Å². The van der Waals surface area contributed by atoms with Gasteiger partial charge in [-0.05, 0) is 92.5 Å². The molecule has 280 valence electrons. The molecule has 4 aliphatic heterocycles. The van der Waals surface area contributed by atoms with Crippen LogP contribution in [0.25, 0.3) is 10.9 Å². The molecular weight excluding hydrogens is 685 g/mol. The lowest BCUT2D eigenvalue weighted by Crippen LogP contribution is -2.54. The lowest BCUT2D eigenvalue weighted by molar-refractivity contribution is -0.137. The van der Waals surface area contributed by atoms with Gasteiger partial charge in [-0.3, -0.25) is 9.89 Å². The number of hydrogen-bond donors (Lipinski definition) is 3. The summed E-state index contributed by atoms with van der Waals surface area (Å²) in [5.74, 6) is 0.740. The smallest absolute Gasteiger partial charge is 0.351 e. The molecule has 1 atom stereocenters. The van der Waals surface area contributed by atoms with E-state index in [1.807, 2.05) is 53.1 Å². The van der Waals surface area contributed by atoms with Crippen LogP contribution in [0, 0.1) is 18.8 Å². The lowest BCUT2D eigenvalue weighted by Gasteiger charge is -2.40. The Morgan fingerprint density at radius 1 is 0.962 bits per heavy atom. The van der Waals surface area contributed by atoms with E-state index in [1.54, 1.807) is 15.6 Å². The van der Waals surface area contributed by atoms with Gasteiger partial charge in [0.25, 0.3) is 0 Å². The van der Waals surface area contributed by atoms with Gasteiger partial charge in [0.1, 0.15) is 6.04 Å². The molecule has 0 aliphatic carbocycles. The standard InChI is InChI=1S/C37H50N8O6S/c1-25-21-26(22-30-24-38-41-34(25)30)23-33(35(46)42-14-7-27(8-15-42)28-9-18-44(19-10-28)52(2,49)50)40-37(48)51-43-16-12-31(13-17-43)45-20-11-29-5-3-4-6-32(29)39-36(45)47/h3-6,21-22,24,27-28,31,33H,7-20,23H2,1-2H3,(H,38,41)(H,39,47)(H,40,48). The van der Waals surface area contributed by atoms with Crippen molar-refractivity contribution in [3.8, 4) is 0 Å². The predicted octanol–water partition coefficient (Wildman–Crippen LogP) is 3.89. The Hall–Kier alpha value is -4.21. The minimum absolute atomic E-state index is 0.0304. The Balaban J connectivity index is 0.957. The quantitative estimate of drug-likeness (QED) is 0.315. The van der Waals surface area contributed by atoms with Crippen molar-refractivity contribution >= 4 is 44.6 Å². The topological polar surface area (TPSA) is 160 Å². The molecule has 5 heterocycles. The lowest BCUT2D eigenvalue weighted by atomic mass is 9.79. The molecule has 3 saturated heterocycles. The number of benzene rings is 2. The number of para-hydroxylation sites is 1. The third-order valence-electron chi connectivity index (χ3n) is 11.5. The van der Waals surface area contributed by atoms with Crippen molar-refractivity contribution in [2.45, 2.75) is 70.4 Å². The maximum absolute atomic E-state index is 14.1. The van der Waals surface area contributed by atoms with E-state index < -0.39 is 22.2 Å². The van der Waals surface area contributed by atoms with Gasteiger partial charge in [-0.15, -0.1) is 5.06 Å². The number of piperidine rings is 3. The Kier molecular flexibility index (Phi) is 10.7. The number of fused-ring (bicyclic) bond motifs is 2. The first-order valence-corrected chi connectivity index (χ1v) is 20.4. The van der Waals surface area contributed by atoms with Crippen molar-refractivity contribution in [2.75, 3.05) is 57.4 Å². The molecule has 4 aliphatic rings. The van der Waals surface area contributed by atoms with E-state index >= 15 is 0 Å². The summed E-state index contributed by atoms with van der Waals surface area (Å²) in [4.78, 5) is 50.1. The van der Waals surface area contributed by atoms with Crippen LogP contribution in [0.15, 0.2) is 42.6 Å². The molecule has 0 radical (unpaired) electrons. The van der Waals surface area contributed by atoms with Gasteiger partial charge >= 0.3 is 12.1 Å². The van der Waals surface area contributed by atoms with Gasteiger partial charge in [-0.1, -0.05) is 24.3 Å². The molecule has 3 aromatic rings. The first-order valence-electron chi connectivity index (χ1n) is 18.6. The molecule has 14 nitrogen and oxygen atoms in total. The number of carbonyl (C=O) groups excluding carboxylic acids is 3. The molecule has 3 fully saturated rings. The second-order valence-corrected chi connectivity index (χ2v) is 16.9. The van der Waals surface area contributed by atoms with Gasteiger partial charge in [0, 0.05) is 69.3 Å². The fraction of sp³-hybridized carbons (Fsp3) is 0.568. The second-order valence-electron chi connectivity index (χ2n) is 14.9. The fourth-order valence-electron chi connectivity index (χ4n) is 8.63. The van der Waals surface area contributed by atoms with Crippen LogP contribution in [0.3, 0.4) is 0 Å². The number of likely N-dealkylation sites (tertiary alicyclic amines) is 1. The molecule has 0 spiro atoms. The minimum Gasteiger partial charge on any atom is -0.351 e. The number of aryl methyl sites for hydroxylation is 1. The molecule has 1 aromatic heterocycles. The van der Waals surface area contributed by atoms with E-state index in [0.717, 1.165) is 65.4 Å². The van der Waals surface area contributed by atoms with Crippen LogP contribution in [-0.4, -0.2) is 120 Å². The van der Waals surface area contributed by atoms with E-state index in [9.17, 15) is 22.8 Å². The van der Waals surface area contributed by atoms with Gasteiger partial charge in [0.2, 0.25) is 15.9 Å². The fourth-order valence-corrected chi connectivity index (χ4v) is 9.50. The molecule has 15 heteroatoms. The maximum Gasteiger partial charge on any atom is 0.426 e. The zero-order chi connectivity index (χ0) is 36.4. The first-order chi connectivity index (χ1) is 25.0. The van der Waals surface area contributed by atoms with E-state index in [1.165, 1.54) is 6.26 Å². The zero-order valence-electron chi connectivity index (χ0n) is 30.1. The molecule has 52 heavy (non-hydrogen) atoms. The number of rotatable bonds is 8. The molecule has 0 saturated carbocycles. The monoisotopic (exact) mass is 734 g/mol. The summed E-state index contributed by atoms with van der Waals surface area (Å²) < 4.78 is 25.5. The normalized spacial score (nSPS) is 21.0. The van der Waals surface area contributed by atoms with E-state index in [4.69, 9.17) is 4.84 Å². The van der Waals surface area contributed by atoms with Crippen LogP contribution in [0.5, 0.6) is 0 Å². The third kappa shape index (κ3) is 8.21. The molecule has 1 unspecified atom stereocenters. The first kappa shape index (κ1) is 36.2. The summed E-state index contributed by atoms with van der Waals surface area (Å²) >= 11 is 0. The number of sulfonamides is 1. The van der Waals surface area contributed by atoms with Gasteiger partial charge in [0.15, 0.2) is 0 Å². The Bertz CT molecular complexity index is 1880. The number of amides is 4. The highest BCUT2D eigenvalue weighted by Crippen LogP contribution is 2.33. The number of aromatic nitrogens is 2. The molecule has 4 amide bonds. The summed E-state index contributed by atoms with van der Waals surface area (Å²) in [5, 5.41) is 15.7. The number of H-pyrrole nitrogens is 1. The van der Waals surface area contributed by atoms with E-state index in [-0.39, 0.29) is 18.0 Å². The van der Waals surface area contributed by atoms with Crippen molar-refractivity contribution in [1.82, 2.24) is 34.7 Å². The van der Waals surface area contributed by atoms with E-state index in [0.29, 0.717) is 76.9 Å². The highest BCUT2D eigenvalue weighted by atomic mass is 32.2. The van der Waals surface area contributed by atoms with Crippen molar-refractivity contribution in [3.63, 3.8) is 0 Å². The summed E-state index contributed by atoms with van der Waals surface area (Å²) in [7, 11) is -3.17. The number of nitrogens with one attached hydrogen (secondary N) is 3. The summed E-state index contributed by atoms with van der Waals surface area (Å²) in [6.07, 6.45) is 8.13. The van der Waals surface area contributed by atoms with Crippen molar-refractivity contribution < 1.29 is 27.6 Å². The third-order valence-corrected chi connectivity index (χ3v) is 12.8. The van der Waals surface area contributed by atoms with E-state index in [2.05, 4.69) is 20.8 Å². The number of carbonyl (C=O) groups is 3. The predicted molar refractivity (Wildman–Crippen MR) is 197 cm³/mol. The van der Waals surface area contributed by atoms with Crippen LogP contribution in [0.1, 0.15) is 55.2 Å². The Labute approximate surface area is 305 Å². The number of urea groups is 1.